The van der Waals surface area contributed by atoms with E-state index >= 15 is 0 Å². The van der Waals surface area contributed by atoms with Gasteiger partial charge in [-0.1, -0.05) is 13.8 Å². The number of methoxy groups -OCH3 is 1. The molecule has 0 heterocycles. The van der Waals surface area contributed by atoms with Crippen LogP contribution in [0.2, 0.25) is 0 Å². The molecule has 0 spiro atoms. The number of rotatable bonds is 6. The smallest absolute Gasteiger partial charge is 0.249 e. The molecule has 0 radical (unpaired) electrons. The molecule has 4 heteroatoms. The van der Waals surface area contributed by atoms with Crippen molar-refractivity contribution in [2.75, 3.05) is 31.7 Å². The molecule has 0 aliphatic rings. The van der Waals surface area contributed by atoms with Crippen molar-refractivity contribution in [1.29, 1.82) is 0 Å². The molecule has 0 aliphatic carbocycles. The van der Waals surface area contributed by atoms with Crippen LogP contribution >= 0.6 is 0 Å². The molecule has 0 fully saturated rings. The number of nitrogens with zero attached hydrogens (tertiary/aromatic N) is 1. The van der Waals surface area contributed by atoms with Gasteiger partial charge in [0.15, 0.2) is 0 Å². The number of likely N-dealkylation sites (N-methyl/N-ethyl adjacent to an activating group) is 1. The van der Waals surface area contributed by atoms with E-state index < -0.39 is 0 Å². The maximum atomic E-state index is 11.6. The molecule has 0 saturated heterocycles. The Hall–Kier alpha value is -1.16. The molecule has 0 aliphatic heterocycles. The van der Waals surface area contributed by atoms with Crippen LogP contribution in [0.15, 0.2) is 9.59 Å². The van der Waals surface area contributed by atoms with Crippen molar-refractivity contribution < 1.29 is 4.74 Å². The molecule has 1 rings (SSSR count). The van der Waals surface area contributed by atoms with E-state index in [1.807, 2.05) is 25.7 Å². The van der Waals surface area contributed by atoms with Crippen LogP contribution in [0.25, 0.3) is 0 Å². The summed E-state index contributed by atoms with van der Waals surface area (Å²) in [6.45, 7) is 7.76. The Kier molecular flexibility index (Phi) is 4.24. The fourth-order valence-electron chi connectivity index (χ4n) is 1.88. The average Bonchev–Trinajstić information content (AvgIpc) is 2.26. The summed E-state index contributed by atoms with van der Waals surface area (Å²) in [6.07, 6.45) is 0. The van der Waals surface area contributed by atoms with E-state index in [-0.39, 0.29) is 16.8 Å². The third kappa shape index (κ3) is 2.16. The van der Waals surface area contributed by atoms with Gasteiger partial charge in [0.1, 0.15) is 0 Å². The Morgan fingerprint density at radius 2 is 1.88 bits per heavy atom. The van der Waals surface area contributed by atoms with Gasteiger partial charge in [0.05, 0.1) is 12.3 Å². The minimum absolute atomic E-state index is 0.108. The Morgan fingerprint density at radius 3 is 2.31 bits per heavy atom. The first-order valence-corrected chi connectivity index (χ1v) is 5.61. The zero-order valence-electron chi connectivity index (χ0n) is 10.4. The average molecular weight is 225 g/mol. The van der Waals surface area contributed by atoms with Crippen molar-refractivity contribution in [2.24, 2.45) is 0 Å². The van der Waals surface area contributed by atoms with Gasteiger partial charge < -0.3 is 9.64 Å². The van der Waals surface area contributed by atoms with Gasteiger partial charge in [0.2, 0.25) is 10.9 Å². The van der Waals surface area contributed by atoms with Crippen LogP contribution in [0.5, 0.6) is 0 Å². The quantitative estimate of drug-likeness (QED) is 0.674. The second-order valence-corrected chi connectivity index (χ2v) is 4.15. The molecule has 0 unspecified atom stereocenters. The first-order valence-electron chi connectivity index (χ1n) is 5.61. The highest BCUT2D eigenvalue weighted by Gasteiger charge is 2.26. The van der Waals surface area contributed by atoms with Gasteiger partial charge in [-0.05, 0) is 12.8 Å². The maximum Gasteiger partial charge on any atom is 0.249 e. The SMILES string of the molecule is CCN(CCOC)c1c(C(C)C)c(=O)c1=O. The predicted octanol–water partition coefficient (Wildman–Crippen LogP) is 0.879. The molecule has 0 N–H and O–H groups in total. The van der Waals surface area contributed by atoms with Gasteiger partial charge in [-0.15, -0.1) is 0 Å². The van der Waals surface area contributed by atoms with Crippen LogP contribution in [-0.4, -0.2) is 26.8 Å². The molecule has 0 saturated carbocycles. The topological polar surface area (TPSA) is 46.6 Å². The lowest BCUT2D eigenvalue weighted by Crippen LogP contribution is -2.45. The minimum atomic E-state index is -0.346. The van der Waals surface area contributed by atoms with Gasteiger partial charge >= 0.3 is 0 Å². The first kappa shape index (κ1) is 12.9. The van der Waals surface area contributed by atoms with Crippen molar-refractivity contribution in [3.8, 4) is 0 Å². The lowest BCUT2D eigenvalue weighted by molar-refractivity contribution is 0.205. The van der Waals surface area contributed by atoms with Crippen molar-refractivity contribution in [1.82, 2.24) is 0 Å². The van der Waals surface area contributed by atoms with Gasteiger partial charge in [-0.25, -0.2) is 0 Å². The van der Waals surface area contributed by atoms with Gasteiger partial charge in [0, 0.05) is 25.8 Å². The van der Waals surface area contributed by atoms with Crippen molar-refractivity contribution in [2.45, 2.75) is 26.7 Å². The normalized spacial score (nSPS) is 11.3. The van der Waals surface area contributed by atoms with Crippen LogP contribution in [0, 0.1) is 0 Å². The van der Waals surface area contributed by atoms with E-state index in [1.165, 1.54) is 0 Å². The fourth-order valence-corrected chi connectivity index (χ4v) is 1.88. The zero-order chi connectivity index (χ0) is 12.3. The lowest BCUT2D eigenvalue weighted by Gasteiger charge is -2.27. The van der Waals surface area contributed by atoms with Gasteiger partial charge in [0.25, 0.3) is 0 Å². The zero-order valence-corrected chi connectivity index (χ0v) is 10.4. The summed E-state index contributed by atoms with van der Waals surface area (Å²) < 4.78 is 4.99. The maximum absolute atomic E-state index is 11.6. The first-order chi connectivity index (χ1) is 7.54. The molecular weight excluding hydrogens is 206 g/mol. The monoisotopic (exact) mass is 225 g/mol. The summed E-state index contributed by atoms with van der Waals surface area (Å²) in [5.74, 6) is 0.108. The Bertz CT molecular complexity index is 416. The van der Waals surface area contributed by atoms with E-state index in [4.69, 9.17) is 4.74 Å². The number of ether oxygens (including phenoxy) is 1. The summed E-state index contributed by atoms with van der Waals surface area (Å²) in [6, 6.07) is 0. The van der Waals surface area contributed by atoms with Crippen LogP contribution in [0.4, 0.5) is 5.69 Å². The molecule has 1 aromatic rings. The highest BCUT2D eigenvalue weighted by Crippen LogP contribution is 2.22. The molecule has 1 aromatic carbocycles. The number of hydrogen-bond donors (Lipinski definition) is 0. The highest BCUT2D eigenvalue weighted by molar-refractivity contribution is 5.59. The van der Waals surface area contributed by atoms with Crippen LogP contribution in [-0.2, 0) is 4.74 Å². The van der Waals surface area contributed by atoms with Gasteiger partial charge in [-0.3, -0.25) is 9.59 Å². The number of anilines is 1. The van der Waals surface area contributed by atoms with E-state index in [1.54, 1.807) is 7.11 Å². The fraction of sp³-hybridized carbons (Fsp3) is 0.667. The van der Waals surface area contributed by atoms with Crippen molar-refractivity contribution >= 4 is 5.69 Å². The Balaban J connectivity index is 2.97. The third-order valence-electron chi connectivity index (χ3n) is 2.76. The molecule has 0 atom stereocenters. The lowest BCUT2D eigenvalue weighted by atomic mass is 9.95. The van der Waals surface area contributed by atoms with Crippen molar-refractivity contribution in [3.05, 3.63) is 26.0 Å². The Morgan fingerprint density at radius 1 is 1.25 bits per heavy atom. The Labute approximate surface area is 95.5 Å². The van der Waals surface area contributed by atoms with Crippen LogP contribution in [0.3, 0.4) is 0 Å². The molecule has 0 bridgehead atoms. The van der Waals surface area contributed by atoms with Gasteiger partial charge in [-0.2, -0.15) is 0 Å². The van der Waals surface area contributed by atoms with Crippen molar-refractivity contribution in [3.63, 3.8) is 0 Å². The van der Waals surface area contributed by atoms with E-state index in [0.717, 1.165) is 0 Å². The van der Waals surface area contributed by atoms with E-state index in [2.05, 4.69) is 0 Å². The summed E-state index contributed by atoms with van der Waals surface area (Å²) in [4.78, 5) is 24.9. The largest absolute Gasteiger partial charge is 0.383 e. The highest BCUT2D eigenvalue weighted by atomic mass is 16.5. The summed E-state index contributed by atoms with van der Waals surface area (Å²) in [5, 5.41) is 0. The molecule has 0 aromatic heterocycles. The summed E-state index contributed by atoms with van der Waals surface area (Å²) >= 11 is 0. The second kappa shape index (κ2) is 5.25. The second-order valence-electron chi connectivity index (χ2n) is 4.15. The molecule has 16 heavy (non-hydrogen) atoms. The molecule has 0 amide bonds. The van der Waals surface area contributed by atoms with Crippen LogP contribution in [0.1, 0.15) is 32.3 Å². The third-order valence-corrected chi connectivity index (χ3v) is 2.76. The van der Waals surface area contributed by atoms with E-state index in [0.29, 0.717) is 30.9 Å². The molecular formula is C12H19NO3. The minimum Gasteiger partial charge on any atom is -0.383 e. The predicted molar refractivity (Wildman–Crippen MR) is 65.2 cm³/mol. The van der Waals surface area contributed by atoms with E-state index in [9.17, 15) is 9.59 Å². The summed E-state index contributed by atoms with van der Waals surface area (Å²) in [7, 11) is 1.62. The van der Waals surface area contributed by atoms with Crippen LogP contribution < -0.4 is 15.8 Å². The molecule has 90 valence electrons. The standard InChI is InChI=1S/C12H19NO3/c1-5-13(6-7-16-4)10-9(8(2)3)11(14)12(10)15/h8H,5-7H2,1-4H3. The number of hydrogen-bond acceptors (Lipinski definition) is 4. The molecule has 4 nitrogen and oxygen atoms in total. The summed E-state index contributed by atoms with van der Waals surface area (Å²) in [5.41, 5.74) is 0.602.